The van der Waals surface area contributed by atoms with Crippen LogP contribution in [0.3, 0.4) is 0 Å². The SMILES string of the molecule is CC(C)(C)OC(N)=O.CC1C[C@@H]2CC(C#N)C[C@@H]2C1. The van der Waals surface area contributed by atoms with Crippen LogP contribution in [0.4, 0.5) is 4.79 Å². The molecule has 2 N–H and O–H groups in total. The van der Waals surface area contributed by atoms with Gasteiger partial charge in [0, 0.05) is 5.92 Å². The molecule has 2 saturated carbocycles. The van der Waals surface area contributed by atoms with E-state index in [1.54, 1.807) is 20.8 Å². The third-order valence-corrected chi connectivity index (χ3v) is 3.84. The van der Waals surface area contributed by atoms with Crippen molar-refractivity contribution in [1.82, 2.24) is 0 Å². The highest BCUT2D eigenvalue weighted by atomic mass is 16.6. The topological polar surface area (TPSA) is 76.1 Å². The number of nitrogens with zero attached hydrogens (tertiary/aromatic N) is 1. The summed E-state index contributed by atoms with van der Waals surface area (Å²) in [6.07, 6.45) is 4.46. The van der Waals surface area contributed by atoms with Crippen molar-refractivity contribution in [2.75, 3.05) is 0 Å². The average Bonchev–Trinajstić information content (AvgIpc) is 2.70. The van der Waals surface area contributed by atoms with Gasteiger partial charge in [-0.1, -0.05) is 6.92 Å². The van der Waals surface area contributed by atoms with Crippen molar-refractivity contribution in [3.63, 3.8) is 0 Å². The summed E-state index contributed by atoms with van der Waals surface area (Å²) in [6.45, 7) is 7.63. The molecule has 4 heteroatoms. The van der Waals surface area contributed by atoms with Gasteiger partial charge in [0.1, 0.15) is 5.60 Å². The molecule has 4 atom stereocenters. The lowest BCUT2D eigenvalue weighted by molar-refractivity contribution is 0.0600. The predicted molar refractivity (Wildman–Crippen MR) is 74.1 cm³/mol. The molecule has 2 fully saturated rings. The number of amides is 1. The number of carbonyl (C=O) groups excluding carboxylic acids is 1. The van der Waals surface area contributed by atoms with Gasteiger partial charge in [-0.2, -0.15) is 5.26 Å². The van der Waals surface area contributed by atoms with E-state index in [0.29, 0.717) is 5.92 Å². The van der Waals surface area contributed by atoms with Gasteiger partial charge in [0.2, 0.25) is 0 Å². The number of hydrogen-bond acceptors (Lipinski definition) is 3. The van der Waals surface area contributed by atoms with E-state index in [9.17, 15) is 4.79 Å². The fraction of sp³-hybridized carbons (Fsp3) is 0.867. The normalized spacial score (nSPS) is 32.8. The van der Waals surface area contributed by atoms with Gasteiger partial charge in [0.05, 0.1) is 6.07 Å². The summed E-state index contributed by atoms with van der Waals surface area (Å²) in [5.74, 6) is 3.16. The number of ether oxygens (including phenoxy) is 1. The monoisotopic (exact) mass is 266 g/mol. The largest absolute Gasteiger partial charge is 0.444 e. The molecule has 0 heterocycles. The maximum Gasteiger partial charge on any atom is 0.405 e. The molecule has 0 bridgehead atoms. The van der Waals surface area contributed by atoms with E-state index in [4.69, 9.17) is 11.0 Å². The van der Waals surface area contributed by atoms with E-state index in [2.05, 4.69) is 17.7 Å². The zero-order valence-electron chi connectivity index (χ0n) is 12.5. The minimum absolute atomic E-state index is 0.400. The zero-order valence-corrected chi connectivity index (χ0v) is 12.5. The van der Waals surface area contributed by atoms with Gasteiger partial charge >= 0.3 is 6.09 Å². The maximum atomic E-state index is 10.0. The van der Waals surface area contributed by atoms with Crippen LogP contribution in [0.5, 0.6) is 0 Å². The van der Waals surface area contributed by atoms with Crippen LogP contribution >= 0.6 is 0 Å². The molecule has 108 valence electrons. The highest BCUT2D eigenvalue weighted by molar-refractivity contribution is 5.65. The molecule has 4 nitrogen and oxygen atoms in total. The molecule has 1 amide bonds. The summed E-state index contributed by atoms with van der Waals surface area (Å²) < 4.78 is 4.58. The van der Waals surface area contributed by atoms with E-state index in [0.717, 1.165) is 17.8 Å². The first-order valence-electron chi connectivity index (χ1n) is 7.09. The average molecular weight is 266 g/mol. The van der Waals surface area contributed by atoms with Crippen LogP contribution in [0.1, 0.15) is 53.4 Å². The Kier molecular flexibility index (Phi) is 5.22. The Morgan fingerprint density at radius 3 is 1.95 bits per heavy atom. The molecule has 0 saturated heterocycles. The molecule has 2 aliphatic carbocycles. The number of carbonyl (C=O) groups is 1. The molecule has 2 unspecified atom stereocenters. The minimum Gasteiger partial charge on any atom is -0.444 e. The van der Waals surface area contributed by atoms with Crippen LogP contribution in [0, 0.1) is 35.0 Å². The Balaban J connectivity index is 0.000000203. The van der Waals surface area contributed by atoms with Crippen molar-refractivity contribution >= 4 is 6.09 Å². The molecule has 2 rings (SSSR count). The van der Waals surface area contributed by atoms with Crippen molar-refractivity contribution in [2.45, 2.75) is 59.0 Å². The molecule has 0 aromatic rings. The lowest BCUT2D eigenvalue weighted by atomic mass is 10.0. The van der Waals surface area contributed by atoms with E-state index >= 15 is 0 Å². The van der Waals surface area contributed by atoms with E-state index in [1.807, 2.05) is 0 Å². The molecule has 2 aliphatic rings. The summed E-state index contributed by atoms with van der Waals surface area (Å²) in [6, 6.07) is 2.41. The third kappa shape index (κ3) is 5.50. The number of nitriles is 1. The predicted octanol–water partition coefficient (Wildman–Crippen LogP) is 3.46. The number of rotatable bonds is 0. The van der Waals surface area contributed by atoms with Crippen LogP contribution in [-0.2, 0) is 4.74 Å². The maximum absolute atomic E-state index is 10.0. The summed E-state index contributed by atoms with van der Waals surface area (Å²) in [5, 5.41) is 8.74. The standard InChI is InChI=1S/C10H15N.C5H11NO2/c1-7-2-9-4-8(6-11)5-10(9)3-7;1-5(2,3)8-4(6)7/h7-10H,2-5H2,1H3;1-3H3,(H2,6,7)/t7?,8?,9-,10+;. The molecule has 0 aromatic carbocycles. The quantitative estimate of drug-likeness (QED) is 0.729. The Hall–Kier alpha value is -1.24. The van der Waals surface area contributed by atoms with Gasteiger partial charge in [-0.05, 0) is 64.2 Å². The van der Waals surface area contributed by atoms with Crippen molar-refractivity contribution in [2.24, 2.45) is 29.4 Å². The smallest absolute Gasteiger partial charge is 0.405 e. The van der Waals surface area contributed by atoms with Gasteiger partial charge in [0.15, 0.2) is 0 Å². The van der Waals surface area contributed by atoms with Crippen molar-refractivity contribution in [3.8, 4) is 6.07 Å². The Morgan fingerprint density at radius 2 is 1.68 bits per heavy atom. The van der Waals surface area contributed by atoms with Gasteiger partial charge < -0.3 is 10.5 Å². The van der Waals surface area contributed by atoms with Gasteiger partial charge in [-0.3, -0.25) is 0 Å². The Bertz CT molecular complexity index is 340. The van der Waals surface area contributed by atoms with Gasteiger partial charge in [-0.15, -0.1) is 0 Å². The summed E-state index contributed by atoms with van der Waals surface area (Å²) in [5.41, 5.74) is 4.26. The fourth-order valence-electron chi connectivity index (χ4n) is 3.33. The molecule has 0 radical (unpaired) electrons. The Morgan fingerprint density at radius 1 is 1.21 bits per heavy atom. The van der Waals surface area contributed by atoms with E-state index in [-0.39, 0.29) is 0 Å². The lowest BCUT2D eigenvalue weighted by Gasteiger charge is -2.16. The lowest BCUT2D eigenvalue weighted by Crippen LogP contribution is -2.27. The first kappa shape index (κ1) is 15.8. The molecular weight excluding hydrogens is 240 g/mol. The zero-order chi connectivity index (χ0) is 14.6. The number of nitrogens with two attached hydrogens (primary N) is 1. The Labute approximate surface area is 116 Å². The number of primary amides is 1. The highest BCUT2D eigenvalue weighted by Gasteiger charge is 2.39. The molecule has 0 spiro atoms. The van der Waals surface area contributed by atoms with Gasteiger partial charge in [-0.25, -0.2) is 4.79 Å². The summed E-state index contributed by atoms with van der Waals surface area (Å²) in [7, 11) is 0. The molecule has 0 aliphatic heterocycles. The van der Waals surface area contributed by atoms with Crippen molar-refractivity contribution in [1.29, 1.82) is 5.26 Å². The van der Waals surface area contributed by atoms with E-state index < -0.39 is 11.7 Å². The third-order valence-electron chi connectivity index (χ3n) is 3.84. The molecule has 0 aromatic heterocycles. The second-order valence-electron chi connectivity index (χ2n) is 6.93. The van der Waals surface area contributed by atoms with E-state index in [1.165, 1.54) is 25.7 Å². The summed E-state index contributed by atoms with van der Waals surface area (Å²) in [4.78, 5) is 10.0. The first-order chi connectivity index (χ1) is 8.71. The van der Waals surface area contributed by atoms with Crippen LogP contribution in [0.15, 0.2) is 0 Å². The fourth-order valence-corrected chi connectivity index (χ4v) is 3.33. The van der Waals surface area contributed by atoms with Crippen LogP contribution in [0.25, 0.3) is 0 Å². The number of fused-ring (bicyclic) bond motifs is 1. The van der Waals surface area contributed by atoms with Crippen molar-refractivity contribution in [3.05, 3.63) is 0 Å². The van der Waals surface area contributed by atoms with Crippen LogP contribution in [0.2, 0.25) is 0 Å². The van der Waals surface area contributed by atoms with Crippen LogP contribution in [-0.4, -0.2) is 11.7 Å². The second-order valence-corrected chi connectivity index (χ2v) is 6.93. The molecule has 19 heavy (non-hydrogen) atoms. The summed E-state index contributed by atoms with van der Waals surface area (Å²) >= 11 is 0. The number of hydrogen-bond donors (Lipinski definition) is 1. The van der Waals surface area contributed by atoms with Crippen LogP contribution < -0.4 is 5.73 Å². The minimum atomic E-state index is -0.725. The first-order valence-corrected chi connectivity index (χ1v) is 7.09. The molecular formula is C15H26N2O2. The highest BCUT2D eigenvalue weighted by Crippen LogP contribution is 2.48. The van der Waals surface area contributed by atoms with Gasteiger partial charge in [0.25, 0.3) is 0 Å². The second kappa shape index (κ2) is 6.27. The van der Waals surface area contributed by atoms with Crippen molar-refractivity contribution < 1.29 is 9.53 Å².